The lowest BCUT2D eigenvalue weighted by Crippen LogP contribution is -2.27. The predicted molar refractivity (Wildman–Crippen MR) is 71.3 cm³/mol. The van der Waals surface area contributed by atoms with Gasteiger partial charge in [0.15, 0.2) is 0 Å². The molecule has 3 nitrogen and oxygen atoms in total. The Hall–Kier alpha value is -0.640. The molecule has 0 aliphatic heterocycles. The number of benzene rings is 1. The summed E-state index contributed by atoms with van der Waals surface area (Å²) >= 11 is 17.6. The topological polar surface area (TPSA) is 38.3 Å². The fourth-order valence-electron chi connectivity index (χ4n) is 1.06. The lowest BCUT2D eigenvalue weighted by atomic mass is 10.2. The van der Waals surface area contributed by atoms with Crippen LogP contribution in [0.3, 0.4) is 0 Å². The maximum Gasteiger partial charge on any atom is 0.412 e. The molecule has 0 radical (unpaired) electrons. The highest BCUT2D eigenvalue weighted by Gasteiger charge is 2.17. The average molecular weight is 297 g/mol. The minimum Gasteiger partial charge on any atom is -0.444 e. The molecule has 1 aromatic rings. The molecule has 0 unspecified atom stereocenters. The largest absolute Gasteiger partial charge is 0.444 e. The van der Waals surface area contributed by atoms with E-state index in [-0.39, 0.29) is 10.0 Å². The lowest BCUT2D eigenvalue weighted by Gasteiger charge is -2.20. The first-order chi connectivity index (χ1) is 7.69. The fraction of sp³-hybridized carbons (Fsp3) is 0.364. The molecule has 0 heterocycles. The van der Waals surface area contributed by atoms with E-state index < -0.39 is 11.7 Å². The van der Waals surface area contributed by atoms with Gasteiger partial charge in [0, 0.05) is 5.02 Å². The van der Waals surface area contributed by atoms with Crippen molar-refractivity contribution in [3.63, 3.8) is 0 Å². The van der Waals surface area contributed by atoms with Crippen molar-refractivity contribution in [3.05, 3.63) is 27.2 Å². The third-order valence-electron chi connectivity index (χ3n) is 1.63. The summed E-state index contributed by atoms with van der Waals surface area (Å²) < 4.78 is 5.08. The number of halogens is 3. The van der Waals surface area contributed by atoms with Crippen LogP contribution >= 0.6 is 34.8 Å². The van der Waals surface area contributed by atoms with Crippen LogP contribution in [0.2, 0.25) is 15.1 Å². The van der Waals surface area contributed by atoms with Gasteiger partial charge >= 0.3 is 6.09 Å². The van der Waals surface area contributed by atoms with E-state index in [9.17, 15) is 4.79 Å². The van der Waals surface area contributed by atoms with Crippen molar-refractivity contribution in [2.75, 3.05) is 5.32 Å². The zero-order chi connectivity index (χ0) is 13.2. The first-order valence-electron chi connectivity index (χ1n) is 4.83. The molecule has 1 amide bonds. The SMILES string of the molecule is CC(C)(C)OC(=O)Nc1cc(Cl)cc(Cl)c1Cl. The molecule has 0 aliphatic rings. The molecular formula is C11H12Cl3NO2. The maximum atomic E-state index is 11.5. The maximum absolute atomic E-state index is 11.5. The second-order valence-electron chi connectivity index (χ2n) is 4.38. The summed E-state index contributed by atoms with van der Waals surface area (Å²) in [4.78, 5) is 11.5. The zero-order valence-electron chi connectivity index (χ0n) is 9.61. The van der Waals surface area contributed by atoms with Crippen molar-refractivity contribution in [2.45, 2.75) is 26.4 Å². The molecule has 0 aromatic heterocycles. The van der Waals surface area contributed by atoms with Crippen molar-refractivity contribution < 1.29 is 9.53 Å². The van der Waals surface area contributed by atoms with Gasteiger partial charge in [-0.15, -0.1) is 0 Å². The van der Waals surface area contributed by atoms with Gasteiger partial charge in [0.25, 0.3) is 0 Å². The van der Waals surface area contributed by atoms with E-state index in [0.717, 1.165) is 0 Å². The van der Waals surface area contributed by atoms with Gasteiger partial charge in [-0.3, -0.25) is 5.32 Å². The fourth-order valence-corrected chi connectivity index (χ4v) is 1.71. The minimum atomic E-state index is -0.613. The van der Waals surface area contributed by atoms with Crippen LogP contribution in [0.5, 0.6) is 0 Å². The number of amides is 1. The number of carbonyl (C=O) groups excluding carboxylic acids is 1. The molecule has 0 atom stereocenters. The minimum absolute atomic E-state index is 0.224. The smallest absolute Gasteiger partial charge is 0.412 e. The lowest BCUT2D eigenvalue weighted by molar-refractivity contribution is 0.0636. The van der Waals surface area contributed by atoms with Gasteiger partial charge in [-0.25, -0.2) is 4.79 Å². The number of carbonyl (C=O) groups is 1. The summed E-state index contributed by atoms with van der Waals surface area (Å²) in [6, 6.07) is 2.99. The Morgan fingerprint density at radius 1 is 1.24 bits per heavy atom. The highest BCUT2D eigenvalue weighted by Crippen LogP contribution is 2.33. The highest BCUT2D eigenvalue weighted by molar-refractivity contribution is 6.45. The third-order valence-corrected chi connectivity index (χ3v) is 2.65. The summed E-state index contributed by atoms with van der Waals surface area (Å²) in [6.07, 6.45) is -0.613. The van der Waals surface area contributed by atoms with E-state index in [0.29, 0.717) is 10.7 Å². The van der Waals surface area contributed by atoms with Crippen LogP contribution in [0.4, 0.5) is 10.5 Å². The molecule has 0 aliphatic carbocycles. The van der Waals surface area contributed by atoms with Crippen LogP contribution in [0.1, 0.15) is 20.8 Å². The van der Waals surface area contributed by atoms with Gasteiger partial charge in [-0.05, 0) is 32.9 Å². The van der Waals surface area contributed by atoms with Crippen LogP contribution in [-0.2, 0) is 4.74 Å². The van der Waals surface area contributed by atoms with Gasteiger partial charge in [0.1, 0.15) is 5.60 Å². The molecule has 1 aromatic carbocycles. The molecule has 0 spiro atoms. The monoisotopic (exact) mass is 295 g/mol. The zero-order valence-corrected chi connectivity index (χ0v) is 11.9. The van der Waals surface area contributed by atoms with Crippen LogP contribution < -0.4 is 5.32 Å². The standard InChI is InChI=1S/C11H12Cl3NO2/c1-11(2,3)17-10(16)15-8-5-6(12)4-7(13)9(8)14/h4-5H,1-3H3,(H,15,16). The van der Waals surface area contributed by atoms with Gasteiger partial charge in [-0.1, -0.05) is 34.8 Å². The van der Waals surface area contributed by atoms with Crippen molar-refractivity contribution in [1.29, 1.82) is 0 Å². The molecule has 1 N–H and O–H groups in total. The van der Waals surface area contributed by atoms with Crippen molar-refractivity contribution >= 4 is 46.6 Å². The Balaban J connectivity index is 2.85. The molecule has 1 rings (SSSR count). The summed E-state index contributed by atoms with van der Waals surface area (Å²) in [5.74, 6) is 0. The molecule has 94 valence electrons. The van der Waals surface area contributed by atoms with Crippen LogP contribution in [-0.4, -0.2) is 11.7 Å². The third kappa shape index (κ3) is 4.62. The summed E-state index contributed by atoms with van der Waals surface area (Å²) in [7, 11) is 0. The van der Waals surface area contributed by atoms with E-state index in [2.05, 4.69) is 5.32 Å². The molecular weight excluding hydrogens is 284 g/mol. The molecule has 0 saturated heterocycles. The van der Waals surface area contributed by atoms with Crippen molar-refractivity contribution in [2.24, 2.45) is 0 Å². The molecule has 0 fully saturated rings. The number of nitrogens with one attached hydrogen (secondary N) is 1. The molecule has 6 heteroatoms. The van der Waals surface area contributed by atoms with Crippen LogP contribution in [0, 0.1) is 0 Å². The van der Waals surface area contributed by atoms with E-state index >= 15 is 0 Å². The average Bonchev–Trinajstić information content (AvgIpc) is 2.10. The van der Waals surface area contributed by atoms with Gasteiger partial charge in [-0.2, -0.15) is 0 Å². The second-order valence-corrected chi connectivity index (χ2v) is 5.60. The number of anilines is 1. The first kappa shape index (κ1) is 14.4. The van der Waals surface area contributed by atoms with E-state index in [1.807, 2.05) is 0 Å². The summed E-state index contributed by atoms with van der Waals surface area (Å²) in [6.45, 7) is 5.29. The van der Waals surface area contributed by atoms with Crippen molar-refractivity contribution in [1.82, 2.24) is 0 Å². The van der Waals surface area contributed by atoms with Gasteiger partial charge in [0.2, 0.25) is 0 Å². The Bertz CT molecular complexity index is 441. The second kappa shape index (κ2) is 5.34. The van der Waals surface area contributed by atoms with Crippen LogP contribution in [0.15, 0.2) is 12.1 Å². The number of hydrogen-bond donors (Lipinski definition) is 1. The number of rotatable bonds is 1. The first-order valence-corrected chi connectivity index (χ1v) is 5.97. The van der Waals surface area contributed by atoms with Gasteiger partial charge in [0.05, 0.1) is 15.7 Å². The van der Waals surface area contributed by atoms with E-state index in [4.69, 9.17) is 39.5 Å². The predicted octanol–water partition coefficient (Wildman–Crippen LogP) is 4.99. The normalized spacial score (nSPS) is 11.2. The number of ether oxygens (including phenoxy) is 1. The Morgan fingerprint density at radius 3 is 2.35 bits per heavy atom. The number of hydrogen-bond acceptors (Lipinski definition) is 2. The Kier molecular flexibility index (Phi) is 4.53. The summed E-state index contributed by atoms with van der Waals surface area (Å²) in [5, 5.41) is 3.36. The molecule has 0 bridgehead atoms. The van der Waals surface area contributed by atoms with Crippen molar-refractivity contribution in [3.8, 4) is 0 Å². The molecule has 0 saturated carbocycles. The van der Waals surface area contributed by atoms with E-state index in [1.54, 1.807) is 20.8 Å². The van der Waals surface area contributed by atoms with E-state index in [1.165, 1.54) is 12.1 Å². The summed E-state index contributed by atoms with van der Waals surface area (Å²) in [5.41, 5.74) is -0.266. The Labute approximate surface area is 115 Å². The van der Waals surface area contributed by atoms with Crippen LogP contribution in [0.25, 0.3) is 0 Å². The Morgan fingerprint density at radius 2 is 1.82 bits per heavy atom. The van der Waals surface area contributed by atoms with Gasteiger partial charge < -0.3 is 4.74 Å². The highest BCUT2D eigenvalue weighted by atomic mass is 35.5. The molecule has 17 heavy (non-hydrogen) atoms. The quantitative estimate of drug-likeness (QED) is 0.741.